The SMILES string of the molecule is CCCCCS(=O)(=O)N1CC[C@H](CO)C1. The van der Waals surface area contributed by atoms with Gasteiger partial charge in [-0.25, -0.2) is 12.7 Å². The lowest BCUT2D eigenvalue weighted by molar-refractivity contribution is 0.233. The smallest absolute Gasteiger partial charge is 0.214 e. The summed E-state index contributed by atoms with van der Waals surface area (Å²) in [4.78, 5) is 0. The van der Waals surface area contributed by atoms with Crippen LogP contribution in [-0.4, -0.2) is 43.3 Å². The highest BCUT2D eigenvalue weighted by Gasteiger charge is 2.30. The van der Waals surface area contributed by atoms with Crippen molar-refractivity contribution in [3.8, 4) is 0 Å². The summed E-state index contributed by atoms with van der Waals surface area (Å²) >= 11 is 0. The molecule has 0 amide bonds. The average Bonchev–Trinajstić information content (AvgIpc) is 2.66. The van der Waals surface area contributed by atoms with Gasteiger partial charge in [-0.3, -0.25) is 0 Å². The highest BCUT2D eigenvalue weighted by molar-refractivity contribution is 7.89. The summed E-state index contributed by atoms with van der Waals surface area (Å²) in [6.45, 7) is 3.25. The second-order valence-corrected chi connectivity index (χ2v) is 6.31. The molecule has 0 aromatic heterocycles. The lowest BCUT2D eigenvalue weighted by Gasteiger charge is -2.15. The van der Waals surface area contributed by atoms with Gasteiger partial charge >= 0.3 is 0 Å². The molecule has 1 atom stereocenters. The number of sulfonamides is 1. The standard InChI is InChI=1S/C10H21NO3S/c1-2-3-4-7-15(13,14)11-6-5-10(8-11)9-12/h10,12H,2-9H2,1H3/t10-/m0/s1. The second kappa shape index (κ2) is 5.82. The first kappa shape index (κ1) is 12.9. The Morgan fingerprint density at radius 2 is 2.13 bits per heavy atom. The Labute approximate surface area is 92.3 Å². The van der Waals surface area contributed by atoms with E-state index in [1.807, 2.05) is 0 Å². The van der Waals surface area contributed by atoms with E-state index in [4.69, 9.17) is 5.11 Å². The fourth-order valence-electron chi connectivity index (χ4n) is 1.86. The molecule has 0 radical (unpaired) electrons. The summed E-state index contributed by atoms with van der Waals surface area (Å²) in [6, 6.07) is 0. The molecule has 1 rings (SSSR count). The maximum Gasteiger partial charge on any atom is 0.214 e. The number of nitrogens with zero attached hydrogens (tertiary/aromatic N) is 1. The Morgan fingerprint density at radius 1 is 1.40 bits per heavy atom. The molecule has 0 saturated carbocycles. The topological polar surface area (TPSA) is 57.6 Å². The van der Waals surface area contributed by atoms with Crippen LogP contribution in [0.5, 0.6) is 0 Å². The van der Waals surface area contributed by atoms with Crippen molar-refractivity contribution in [2.24, 2.45) is 5.92 Å². The third kappa shape index (κ3) is 3.74. The molecule has 1 N–H and O–H groups in total. The molecule has 5 heteroatoms. The van der Waals surface area contributed by atoms with Crippen molar-refractivity contribution < 1.29 is 13.5 Å². The Hall–Kier alpha value is -0.130. The molecule has 15 heavy (non-hydrogen) atoms. The molecule has 1 aliphatic rings. The van der Waals surface area contributed by atoms with E-state index in [-0.39, 0.29) is 18.3 Å². The quantitative estimate of drug-likeness (QED) is 0.693. The minimum atomic E-state index is -3.05. The third-order valence-electron chi connectivity index (χ3n) is 2.91. The summed E-state index contributed by atoms with van der Waals surface area (Å²) in [5, 5.41) is 8.94. The largest absolute Gasteiger partial charge is 0.396 e. The molecule has 1 aliphatic heterocycles. The van der Waals surface area contributed by atoms with Gasteiger partial charge in [0.25, 0.3) is 0 Å². The number of hydrogen-bond donors (Lipinski definition) is 1. The Bertz CT molecular complexity index is 276. The van der Waals surface area contributed by atoms with Crippen molar-refractivity contribution in [3.05, 3.63) is 0 Å². The van der Waals surface area contributed by atoms with Crippen LogP contribution in [0.3, 0.4) is 0 Å². The fourth-order valence-corrected chi connectivity index (χ4v) is 3.51. The first-order valence-electron chi connectivity index (χ1n) is 5.69. The van der Waals surface area contributed by atoms with Crippen LogP contribution in [0.1, 0.15) is 32.6 Å². The molecule has 4 nitrogen and oxygen atoms in total. The van der Waals surface area contributed by atoms with Gasteiger partial charge in [-0.2, -0.15) is 0 Å². The molecule has 0 aliphatic carbocycles. The van der Waals surface area contributed by atoms with Gasteiger partial charge in [0, 0.05) is 19.7 Å². The first-order valence-corrected chi connectivity index (χ1v) is 7.29. The van der Waals surface area contributed by atoms with Crippen molar-refractivity contribution in [2.45, 2.75) is 32.6 Å². The van der Waals surface area contributed by atoms with Crippen LogP contribution >= 0.6 is 0 Å². The van der Waals surface area contributed by atoms with E-state index in [1.54, 1.807) is 0 Å². The molecule has 0 aromatic carbocycles. The van der Waals surface area contributed by atoms with Gasteiger partial charge in [0.05, 0.1) is 5.75 Å². The maximum atomic E-state index is 11.8. The third-order valence-corrected chi connectivity index (χ3v) is 4.83. The van der Waals surface area contributed by atoms with Gasteiger partial charge in [0.15, 0.2) is 0 Å². The van der Waals surface area contributed by atoms with Crippen LogP contribution in [0, 0.1) is 5.92 Å². The number of aliphatic hydroxyl groups is 1. The number of unbranched alkanes of at least 4 members (excludes halogenated alkanes) is 2. The second-order valence-electron chi connectivity index (χ2n) is 4.22. The minimum Gasteiger partial charge on any atom is -0.396 e. The van der Waals surface area contributed by atoms with Crippen molar-refractivity contribution in [3.63, 3.8) is 0 Å². The van der Waals surface area contributed by atoms with E-state index in [2.05, 4.69) is 6.92 Å². The van der Waals surface area contributed by atoms with Gasteiger partial charge < -0.3 is 5.11 Å². The molecule has 0 bridgehead atoms. The summed E-state index contributed by atoms with van der Waals surface area (Å²) < 4.78 is 25.2. The Balaban J connectivity index is 2.41. The summed E-state index contributed by atoms with van der Waals surface area (Å²) in [5.74, 6) is 0.407. The number of hydrogen-bond acceptors (Lipinski definition) is 3. The van der Waals surface area contributed by atoms with Gasteiger partial charge in [0.1, 0.15) is 0 Å². The van der Waals surface area contributed by atoms with Gasteiger partial charge in [-0.15, -0.1) is 0 Å². The van der Waals surface area contributed by atoms with E-state index in [0.29, 0.717) is 13.1 Å². The predicted octanol–water partition coefficient (Wildman–Crippen LogP) is 0.821. The average molecular weight is 235 g/mol. The first-order chi connectivity index (χ1) is 7.10. The zero-order chi connectivity index (χ0) is 11.3. The van der Waals surface area contributed by atoms with Crippen LogP contribution in [0.25, 0.3) is 0 Å². The predicted molar refractivity (Wildman–Crippen MR) is 60.1 cm³/mol. The number of rotatable bonds is 6. The zero-order valence-corrected chi connectivity index (χ0v) is 10.2. The van der Waals surface area contributed by atoms with Crippen molar-refractivity contribution in [2.75, 3.05) is 25.4 Å². The highest BCUT2D eigenvalue weighted by atomic mass is 32.2. The Kier molecular flexibility index (Phi) is 5.02. The lowest BCUT2D eigenvalue weighted by Crippen LogP contribution is -2.31. The maximum absolute atomic E-state index is 11.8. The molecule has 1 fully saturated rings. The van der Waals surface area contributed by atoms with Crippen molar-refractivity contribution in [1.29, 1.82) is 0 Å². The minimum absolute atomic E-state index is 0.0982. The van der Waals surface area contributed by atoms with Crippen LogP contribution in [0.15, 0.2) is 0 Å². The molecular weight excluding hydrogens is 214 g/mol. The lowest BCUT2D eigenvalue weighted by atomic mass is 10.1. The van der Waals surface area contributed by atoms with Crippen LogP contribution in [0.4, 0.5) is 0 Å². The normalized spacial score (nSPS) is 23.5. The molecule has 90 valence electrons. The summed E-state index contributed by atoms with van der Waals surface area (Å²) in [5.41, 5.74) is 0. The summed E-state index contributed by atoms with van der Waals surface area (Å²) in [6.07, 6.45) is 3.55. The fraction of sp³-hybridized carbons (Fsp3) is 1.00. The molecule has 1 saturated heterocycles. The van der Waals surface area contributed by atoms with Crippen molar-refractivity contribution >= 4 is 10.0 Å². The molecule has 1 heterocycles. The molecule has 0 unspecified atom stereocenters. The van der Waals surface area contributed by atoms with Gasteiger partial charge in [0.2, 0.25) is 10.0 Å². The zero-order valence-electron chi connectivity index (χ0n) is 9.35. The van der Waals surface area contributed by atoms with E-state index in [1.165, 1.54) is 4.31 Å². The van der Waals surface area contributed by atoms with Crippen LogP contribution < -0.4 is 0 Å². The van der Waals surface area contributed by atoms with Crippen molar-refractivity contribution in [1.82, 2.24) is 4.31 Å². The van der Waals surface area contributed by atoms with Crippen LogP contribution in [-0.2, 0) is 10.0 Å². The van der Waals surface area contributed by atoms with E-state index >= 15 is 0 Å². The van der Waals surface area contributed by atoms with E-state index in [0.717, 1.165) is 25.7 Å². The molecule has 0 spiro atoms. The van der Waals surface area contributed by atoms with Gasteiger partial charge in [-0.1, -0.05) is 19.8 Å². The number of aliphatic hydroxyl groups excluding tert-OH is 1. The highest BCUT2D eigenvalue weighted by Crippen LogP contribution is 2.19. The Morgan fingerprint density at radius 3 is 2.67 bits per heavy atom. The summed E-state index contributed by atoms with van der Waals surface area (Å²) in [7, 11) is -3.05. The van der Waals surface area contributed by atoms with Crippen LogP contribution in [0.2, 0.25) is 0 Å². The van der Waals surface area contributed by atoms with E-state index in [9.17, 15) is 8.42 Å². The van der Waals surface area contributed by atoms with E-state index < -0.39 is 10.0 Å². The molecule has 0 aromatic rings. The molecular formula is C10H21NO3S. The monoisotopic (exact) mass is 235 g/mol. The van der Waals surface area contributed by atoms with Gasteiger partial charge in [-0.05, 0) is 18.8 Å².